The molecule has 0 aliphatic carbocycles. The van der Waals surface area contributed by atoms with Crippen LogP contribution < -0.4 is 5.32 Å². The zero-order valence-electron chi connectivity index (χ0n) is 9.84. The number of rotatable bonds is 4. The van der Waals surface area contributed by atoms with Crippen molar-refractivity contribution in [3.05, 3.63) is 24.5 Å². The van der Waals surface area contributed by atoms with Crippen molar-refractivity contribution in [3.63, 3.8) is 0 Å². The third kappa shape index (κ3) is 2.22. The molecule has 1 N–H and O–H groups in total. The van der Waals surface area contributed by atoms with E-state index in [0.29, 0.717) is 12.6 Å². The summed E-state index contributed by atoms with van der Waals surface area (Å²) in [6.45, 7) is 1.53. The number of nitrogens with one attached hydrogen (secondary N) is 1. The second-order valence-electron chi connectivity index (χ2n) is 4.93. The van der Waals surface area contributed by atoms with Crippen LogP contribution in [0.2, 0.25) is 0 Å². The van der Waals surface area contributed by atoms with Crippen molar-refractivity contribution in [2.45, 2.75) is 38.0 Å². The van der Waals surface area contributed by atoms with Crippen LogP contribution in [0.1, 0.15) is 19.3 Å². The van der Waals surface area contributed by atoms with Crippen LogP contribution in [-0.4, -0.2) is 29.2 Å². The van der Waals surface area contributed by atoms with Crippen molar-refractivity contribution in [2.75, 3.05) is 6.54 Å². The van der Waals surface area contributed by atoms with Gasteiger partial charge in [-0.05, 0) is 31.4 Å². The van der Waals surface area contributed by atoms with Gasteiger partial charge in [-0.1, -0.05) is 0 Å². The summed E-state index contributed by atoms with van der Waals surface area (Å²) in [6.07, 6.45) is 7.66. The van der Waals surface area contributed by atoms with E-state index < -0.39 is 0 Å². The molecule has 1 amide bonds. The number of amides is 1. The summed E-state index contributed by atoms with van der Waals surface area (Å²) in [5.74, 6) is 0.266. The number of fused-ring (bicyclic) bond motifs is 2. The van der Waals surface area contributed by atoms with Gasteiger partial charge in [0.05, 0.1) is 18.1 Å². The SMILES string of the molecule is O=C(NCCn1cccc1)[C@@H]1C[C@H]2CC[C@H]1O2. The van der Waals surface area contributed by atoms with Crippen molar-refractivity contribution in [3.8, 4) is 0 Å². The minimum absolute atomic E-state index is 0.0958. The van der Waals surface area contributed by atoms with Crippen molar-refractivity contribution >= 4 is 5.91 Å². The maximum atomic E-state index is 12.0. The molecule has 2 bridgehead atoms. The van der Waals surface area contributed by atoms with Crippen LogP contribution in [0.3, 0.4) is 0 Å². The maximum Gasteiger partial charge on any atom is 0.225 e. The third-order valence-corrected chi connectivity index (χ3v) is 3.78. The first-order chi connectivity index (χ1) is 8.33. The predicted molar refractivity (Wildman–Crippen MR) is 63.4 cm³/mol. The summed E-state index contributed by atoms with van der Waals surface area (Å²) in [6, 6.07) is 3.98. The van der Waals surface area contributed by atoms with E-state index in [2.05, 4.69) is 9.88 Å². The van der Waals surface area contributed by atoms with Gasteiger partial charge in [-0.2, -0.15) is 0 Å². The fourth-order valence-corrected chi connectivity index (χ4v) is 2.87. The van der Waals surface area contributed by atoms with Crippen LogP contribution >= 0.6 is 0 Å². The largest absolute Gasteiger partial charge is 0.374 e. The highest BCUT2D eigenvalue weighted by Crippen LogP contribution is 2.38. The molecule has 4 heteroatoms. The number of ether oxygens (including phenoxy) is 1. The highest BCUT2D eigenvalue weighted by molar-refractivity contribution is 5.79. The quantitative estimate of drug-likeness (QED) is 0.850. The van der Waals surface area contributed by atoms with Crippen molar-refractivity contribution in [1.29, 1.82) is 0 Å². The molecule has 2 aliphatic rings. The lowest BCUT2D eigenvalue weighted by Gasteiger charge is -2.18. The normalized spacial score (nSPS) is 30.7. The van der Waals surface area contributed by atoms with Gasteiger partial charge in [-0.15, -0.1) is 0 Å². The number of carbonyl (C=O) groups is 1. The lowest BCUT2D eigenvalue weighted by Crippen LogP contribution is -2.37. The van der Waals surface area contributed by atoms with E-state index in [1.165, 1.54) is 0 Å². The molecule has 0 radical (unpaired) electrons. The van der Waals surface area contributed by atoms with E-state index in [9.17, 15) is 4.79 Å². The monoisotopic (exact) mass is 234 g/mol. The minimum Gasteiger partial charge on any atom is -0.374 e. The highest BCUT2D eigenvalue weighted by Gasteiger charge is 2.44. The van der Waals surface area contributed by atoms with Crippen LogP contribution in [0.4, 0.5) is 0 Å². The third-order valence-electron chi connectivity index (χ3n) is 3.78. The Morgan fingerprint density at radius 1 is 1.35 bits per heavy atom. The first kappa shape index (κ1) is 10.8. The van der Waals surface area contributed by atoms with Gasteiger partial charge < -0.3 is 14.6 Å². The Bertz CT molecular complexity index is 388. The second kappa shape index (κ2) is 4.53. The lowest BCUT2D eigenvalue weighted by molar-refractivity contribution is -0.126. The van der Waals surface area contributed by atoms with E-state index in [-0.39, 0.29) is 17.9 Å². The lowest BCUT2D eigenvalue weighted by atomic mass is 9.88. The average Bonchev–Trinajstić information content (AvgIpc) is 3.05. The topological polar surface area (TPSA) is 43.3 Å². The van der Waals surface area contributed by atoms with Crippen LogP contribution in [0, 0.1) is 5.92 Å². The predicted octanol–water partition coefficient (Wildman–Crippen LogP) is 1.17. The van der Waals surface area contributed by atoms with Crippen LogP contribution in [-0.2, 0) is 16.1 Å². The minimum atomic E-state index is 0.0958. The summed E-state index contributed by atoms with van der Waals surface area (Å²) in [7, 11) is 0. The van der Waals surface area contributed by atoms with Gasteiger partial charge in [-0.25, -0.2) is 0 Å². The Morgan fingerprint density at radius 3 is 2.82 bits per heavy atom. The molecule has 17 heavy (non-hydrogen) atoms. The summed E-state index contributed by atoms with van der Waals surface area (Å²) in [4.78, 5) is 12.0. The zero-order chi connectivity index (χ0) is 11.7. The smallest absolute Gasteiger partial charge is 0.225 e. The number of nitrogens with zero attached hydrogens (tertiary/aromatic N) is 1. The summed E-state index contributed by atoms with van der Waals surface area (Å²) in [5.41, 5.74) is 0. The molecule has 3 atom stereocenters. The van der Waals surface area contributed by atoms with E-state index in [4.69, 9.17) is 4.74 Å². The molecule has 1 aromatic rings. The molecular weight excluding hydrogens is 216 g/mol. The standard InChI is InChI=1S/C13H18N2O2/c16-13(11-9-10-3-4-12(11)17-10)14-5-8-15-6-1-2-7-15/h1-2,6-7,10-12H,3-5,8-9H2,(H,14,16)/t10-,11-,12-/m1/s1. The molecular formula is C13H18N2O2. The Kier molecular flexibility index (Phi) is 2.89. The Hall–Kier alpha value is -1.29. The van der Waals surface area contributed by atoms with Crippen molar-refractivity contribution < 1.29 is 9.53 Å². The fourth-order valence-electron chi connectivity index (χ4n) is 2.87. The van der Waals surface area contributed by atoms with Gasteiger partial charge in [0.25, 0.3) is 0 Å². The summed E-state index contributed by atoms with van der Waals surface area (Å²) >= 11 is 0. The fraction of sp³-hybridized carbons (Fsp3) is 0.615. The molecule has 92 valence electrons. The van der Waals surface area contributed by atoms with E-state index in [1.807, 2.05) is 24.5 Å². The molecule has 2 aliphatic heterocycles. The summed E-state index contributed by atoms with van der Waals surface area (Å²) < 4.78 is 7.76. The number of aromatic nitrogens is 1. The van der Waals surface area contributed by atoms with E-state index in [1.54, 1.807) is 0 Å². The Labute approximate surface area is 101 Å². The van der Waals surface area contributed by atoms with Gasteiger partial charge in [0, 0.05) is 25.5 Å². The van der Waals surface area contributed by atoms with Gasteiger partial charge in [0.15, 0.2) is 0 Å². The molecule has 2 fully saturated rings. The summed E-state index contributed by atoms with van der Waals surface area (Å²) in [5, 5.41) is 3.01. The first-order valence-corrected chi connectivity index (χ1v) is 6.37. The molecule has 1 aromatic heterocycles. The second-order valence-corrected chi connectivity index (χ2v) is 4.93. The maximum absolute atomic E-state index is 12.0. The van der Waals surface area contributed by atoms with Gasteiger partial charge >= 0.3 is 0 Å². The Morgan fingerprint density at radius 2 is 2.18 bits per heavy atom. The van der Waals surface area contributed by atoms with Crippen molar-refractivity contribution in [1.82, 2.24) is 9.88 Å². The molecule has 0 spiro atoms. The highest BCUT2D eigenvalue weighted by atomic mass is 16.5. The molecule has 0 saturated carbocycles. The number of carbonyl (C=O) groups excluding carboxylic acids is 1. The molecule has 0 aromatic carbocycles. The molecule has 0 unspecified atom stereocenters. The van der Waals surface area contributed by atoms with Gasteiger partial charge in [0.2, 0.25) is 5.91 Å². The number of hydrogen-bond donors (Lipinski definition) is 1. The molecule has 3 heterocycles. The average molecular weight is 234 g/mol. The van der Waals surface area contributed by atoms with Crippen LogP contribution in [0.25, 0.3) is 0 Å². The van der Waals surface area contributed by atoms with Gasteiger partial charge in [0.1, 0.15) is 0 Å². The molecule has 3 rings (SSSR count). The first-order valence-electron chi connectivity index (χ1n) is 6.37. The van der Waals surface area contributed by atoms with Crippen molar-refractivity contribution in [2.24, 2.45) is 5.92 Å². The van der Waals surface area contributed by atoms with Gasteiger partial charge in [-0.3, -0.25) is 4.79 Å². The van der Waals surface area contributed by atoms with E-state index in [0.717, 1.165) is 25.8 Å². The van der Waals surface area contributed by atoms with Crippen LogP contribution in [0.15, 0.2) is 24.5 Å². The van der Waals surface area contributed by atoms with E-state index >= 15 is 0 Å². The Balaban J connectivity index is 1.45. The number of hydrogen-bond acceptors (Lipinski definition) is 2. The molecule has 4 nitrogen and oxygen atoms in total. The zero-order valence-corrected chi connectivity index (χ0v) is 9.84. The molecule has 2 saturated heterocycles. The van der Waals surface area contributed by atoms with Crippen LogP contribution in [0.5, 0.6) is 0 Å².